The molecule has 0 bridgehead atoms. The highest BCUT2D eigenvalue weighted by molar-refractivity contribution is 7.89. The summed E-state index contributed by atoms with van der Waals surface area (Å²) in [5.74, 6) is 0.475. The highest BCUT2D eigenvalue weighted by atomic mass is 32.2. The number of fused-ring (bicyclic) bond motifs is 1. The molecule has 4 aromatic carbocycles. The highest BCUT2D eigenvalue weighted by Crippen LogP contribution is 2.33. The van der Waals surface area contributed by atoms with Crippen LogP contribution in [0.3, 0.4) is 0 Å². The molecule has 1 amide bonds. The summed E-state index contributed by atoms with van der Waals surface area (Å²) in [5, 5.41) is 14.9. The van der Waals surface area contributed by atoms with Gasteiger partial charge < -0.3 is 29.4 Å². The summed E-state index contributed by atoms with van der Waals surface area (Å²) in [7, 11) is -2.60. The molecule has 300 valence electrons. The number of hydrogen-bond acceptors (Lipinski definition) is 9. The molecule has 2 fully saturated rings. The van der Waals surface area contributed by atoms with Gasteiger partial charge in [0, 0.05) is 26.2 Å². The number of nitrogens with zero attached hydrogens (tertiary/aromatic N) is 2. The Morgan fingerprint density at radius 3 is 2.05 bits per heavy atom. The van der Waals surface area contributed by atoms with Crippen LogP contribution < -0.4 is 10.1 Å². The van der Waals surface area contributed by atoms with E-state index in [1.54, 1.807) is 12.1 Å². The van der Waals surface area contributed by atoms with Gasteiger partial charge in [-0.1, -0.05) is 105 Å². The van der Waals surface area contributed by atoms with Gasteiger partial charge in [-0.05, 0) is 72.2 Å². The zero-order valence-corrected chi connectivity index (χ0v) is 33.4. The first-order chi connectivity index (χ1) is 27.0. The Morgan fingerprint density at radius 1 is 0.875 bits per heavy atom. The van der Waals surface area contributed by atoms with Crippen LogP contribution in [0, 0.1) is 11.3 Å². The molecule has 11 nitrogen and oxygen atoms in total. The summed E-state index contributed by atoms with van der Waals surface area (Å²) in [4.78, 5) is 15.9. The smallest absolute Gasteiger partial charge is 0.407 e. The summed E-state index contributed by atoms with van der Waals surface area (Å²) in [6, 6.07) is 35.5. The van der Waals surface area contributed by atoms with Crippen molar-refractivity contribution >= 4 is 16.1 Å². The molecule has 6 rings (SSSR count). The number of aliphatic hydroxyl groups excluding tert-OH is 1. The topological polar surface area (TPSA) is 127 Å². The van der Waals surface area contributed by atoms with E-state index >= 15 is 0 Å². The van der Waals surface area contributed by atoms with Crippen LogP contribution in [0.2, 0.25) is 0 Å². The number of carbonyl (C=O) groups excluding carboxylic acids is 1. The summed E-state index contributed by atoms with van der Waals surface area (Å²) >= 11 is 0. The van der Waals surface area contributed by atoms with Crippen LogP contribution in [0.25, 0.3) is 0 Å². The minimum absolute atomic E-state index is 0.0538. The van der Waals surface area contributed by atoms with Crippen molar-refractivity contribution in [2.75, 3.05) is 40.0 Å². The summed E-state index contributed by atoms with van der Waals surface area (Å²) < 4.78 is 52.8. The van der Waals surface area contributed by atoms with Crippen LogP contribution in [0.15, 0.2) is 120 Å². The van der Waals surface area contributed by atoms with Crippen molar-refractivity contribution in [3.63, 3.8) is 0 Å². The number of carbonyl (C=O) groups is 1. The second-order valence-electron chi connectivity index (χ2n) is 15.5. The number of methoxy groups -OCH3 is 1. The van der Waals surface area contributed by atoms with Crippen molar-refractivity contribution in [3.05, 3.63) is 132 Å². The first-order valence-corrected chi connectivity index (χ1v) is 20.8. The third-order valence-corrected chi connectivity index (χ3v) is 12.4. The van der Waals surface area contributed by atoms with Crippen molar-refractivity contribution in [1.82, 2.24) is 14.5 Å². The van der Waals surface area contributed by atoms with E-state index in [2.05, 4.69) is 48.3 Å². The Labute approximate surface area is 331 Å². The number of hydrogen-bond donors (Lipinski definition) is 2. The van der Waals surface area contributed by atoms with Crippen LogP contribution in [-0.2, 0) is 43.7 Å². The van der Waals surface area contributed by atoms with Gasteiger partial charge in [0.15, 0.2) is 6.29 Å². The standard InChI is InChI=1S/C44H55N3O8S/c1-44(2,24-25-46(28-34-15-9-5-10-16-34)29-35-17-11-6-12-18-35)32-47(56(50,51)37-21-19-36(52-3)20-22-37)30-40(48)39(27-33-13-7-4-8-14-33)45-43(49)55-41-31-54-42-38(41)23-26-53-42/h4-22,38-42,48H,23-32H2,1-3H3,(H,45,49). The Morgan fingerprint density at radius 2 is 1.46 bits per heavy atom. The summed E-state index contributed by atoms with van der Waals surface area (Å²) in [6.07, 6.45) is -1.21. The number of alkyl carbamates (subject to hydrolysis) is 1. The van der Waals surface area contributed by atoms with Crippen molar-refractivity contribution in [3.8, 4) is 5.75 Å². The van der Waals surface area contributed by atoms with E-state index in [0.29, 0.717) is 25.3 Å². The molecular formula is C44H55N3O8S. The van der Waals surface area contributed by atoms with E-state index in [1.165, 1.54) is 34.7 Å². The van der Waals surface area contributed by atoms with Gasteiger partial charge in [0.2, 0.25) is 10.0 Å². The molecule has 5 unspecified atom stereocenters. The highest BCUT2D eigenvalue weighted by Gasteiger charge is 2.44. The molecule has 2 saturated heterocycles. The fourth-order valence-electron chi connectivity index (χ4n) is 7.42. The molecule has 0 spiro atoms. The van der Waals surface area contributed by atoms with Crippen molar-refractivity contribution in [2.24, 2.45) is 11.3 Å². The van der Waals surface area contributed by atoms with Crippen molar-refractivity contribution in [1.29, 1.82) is 0 Å². The van der Waals surface area contributed by atoms with Gasteiger partial charge in [-0.3, -0.25) is 4.90 Å². The molecule has 2 aliphatic heterocycles. The van der Waals surface area contributed by atoms with E-state index < -0.39 is 39.8 Å². The van der Waals surface area contributed by atoms with Gasteiger partial charge in [0.05, 0.1) is 43.3 Å². The number of sulfonamides is 1. The third kappa shape index (κ3) is 11.4. The Bertz CT molecular complexity index is 1870. The fourth-order valence-corrected chi connectivity index (χ4v) is 9.06. The minimum Gasteiger partial charge on any atom is -0.497 e. The Kier molecular flexibility index (Phi) is 14.2. The van der Waals surface area contributed by atoms with Crippen molar-refractivity contribution < 1.29 is 37.3 Å². The maximum atomic E-state index is 14.5. The number of nitrogens with one attached hydrogen (secondary N) is 1. The molecule has 12 heteroatoms. The van der Waals surface area contributed by atoms with E-state index in [9.17, 15) is 18.3 Å². The second-order valence-corrected chi connectivity index (χ2v) is 17.5. The molecule has 0 radical (unpaired) electrons. The molecule has 5 atom stereocenters. The maximum Gasteiger partial charge on any atom is 0.407 e. The van der Waals surface area contributed by atoms with Crippen LogP contribution in [-0.4, -0.2) is 93.3 Å². The monoisotopic (exact) mass is 785 g/mol. The third-order valence-electron chi connectivity index (χ3n) is 10.6. The van der Waals surface area contributed by atoms with E-state index in [0.717, 1.165) is 25.1 Å². The quantitative estimate of drug-likeness (QED) is 0.113. The Hall–Kier alpha value is -4.30. The van der Waals surface area contributed by atoms with Gasteiger partial charge in [0.25, 0.3) is 0 Å². The average molecular weight is 786 g/mol. The van der Waals surface area contributed by atoms with Gasteiger partial charge in [-0.25, -0.2) is 13.2 Å². The predicted octanol–water partition coefficient (Wildman–Crippen LogP) is 6.26. The van der Waals surface area contributed by atoms with Gasteiger partial charge >= 0.3 is 6.09 Å². The lowest BCUT2D eigenvalue weighted by Gasteiger charge is -2.36. The van der Waals surface area contributed by atoms with Crippen LogP contribution in [0.4, 0.5) is 4.79 Å². The van der Waals surface area contributed by atoms with Crippen molar-refractivity contribution in [2.45, 2.75) is 75.6 Å². The SMILES string of the molecule is COc1ccc(S(=O)(=O)N(CC(O)C(Cc2ccccc2)NC(=O)OC2COC3OCCC23)CC(C)(C)CCN(Cc2ccccc2)Cc2ccccc2)cc1. The van der Waals surface area contributed by atoms with Crippen LogP contribution >= 0.6 is 0 Å². The second kappa shape index (κ2) is 19.2. The molecule has 2 aliphatic rings. The molecule has 56 heavy (non-hydrogen) atoms. The zero-order chi connectivity index (χ0) is 39.5. The first-order valence-electron chi connectivity index (χ1n) is 19.4. The maximum absolute atomic E-state index is 14.5. The minimum atomic E-state index is -4.12. The van der Waals surface area contributed by atoms with E-state index in [-0.39, 0.29) is 43.2 Å². The Balaban J connectivity index is 1.22. The van der Waals surface area contributed by atoms with Crippen LogP contribution in [0.5, 0.6) is 5.75 Å². The largest absolute Gasteiger partial charge is 0.497 e. The average Bonchev–Trinajstić information content (AvgIpc) is 3.83. The number of ether oxygens (including phenoxy) is 4. The predicted molar refractivity (Wildman–Crippen MR) is 214 cm³/mol. The summed E-state index contributed by atoms with van der Waals surface area (Å²) in [5.41, 5.74) is 2.74. The lowest BCUT2D eigenvalue weighted by atomic mass is 9.88. The van der Waals surface area contributed by atoms with Crippen LogP contribution in [0.1, 0.15) is 43.4 Å². The first kappa shape index (κ1) is 41.3. The molecule has 4 aromatic rings. The molecule has 2 heterocycles. The zero-order valence-electron chi connectivity index (χ0n) is 32.5. The molecular weight excluding hydrogens is 731 g/mol. The molecule has 0 saturated carbocycles. The van der Waals surface area contributed by atoms with Gasteiger partial charge in [-0.2, -0.15) is 4.31 Å². The van der Waals surface area contributed by atoms with E-state index in [4.69, 9.17) is 18.9 Å². The molecule has 0 aromatic heterocycles. The lowest BCUT2D eigenvalue weighted by molar-refractivity contribution is -0.0907. The number of amides is 1. The molecule has 0 aliphatic carbocycles. The van der Waals surface area contributed by atoms with E-state index in [1.807, 2.05) is 66.7 Å². The number of benzene rings is 4. The van der Waals surface area contributed by atoms with Gasteiger partial charge in [0.1, 0.15) is 11.9 Å². The molecule has 2 N–H and O–H groups in total. The normalized spacial score (nSPS) is 19.4. The number of rotatable bonds is 19. The lowest BCUT2D eigenvalue weighted by Crippen LogP contribution is -2.52. The fraction of sp³-hybridized carbons (Fsp3) is 0.432. The number of aliphatic hydroxyl groups is 1. The summed E-state index contributed by atoms with van der Waals surface area (Å²) in [6.45, 7) is 6.92. The van der Waals surface area contributed by atoms with Gasteiger partial charge in [-0.15, -0.1) is 0 Å².